The quantitative estimate of drug-likeness (QED) is 0.395. The van der Waals surface area contributed by atoms with Gasteiger partial charge >= 0.3 is 5.97 Å². The van der Waals surface area contributed by atoms with E-state index >= 15 is 0 Å². The topological polar surface area (TPSA) is 76.5 Å². The van der Waals surface area contributed by atoms with Crippen LogP contribution in [0.3, 0.4) is 0 Å². The van der Waals surface area contributed by atoms with Gasteiger partial charge in [-0.1, -0.05) is 40.2 Å². The molecule has 0 aromatic rings. The number of hydrogen-bond donors (Lipinski definition) is 3. The van der Waals surface area contributed by atoms with Crippen molar-refractivity contribution in [3.63, 3.8) is 0 Å². The van der Waals surface area contributed by atoms with Gasteiger partial charge < -0.3 is 19.8 Å². The zero-order valence-electron chi connectivity index (χ0n) is 18.3. The first-order valence-corrected chi connectivity index (χ1v) is 12.6. The number of aliphatic hydroxyl groups is 2. The van der Waals surface area contributed by atoms with Crippen molar-refractivity contribution in [3.05, 3.63) is 12.8 Å². The Balaban J connectivity index is 1.82. The van der Waals surface area contributed by atoms with Crippen LogP contribution in [0.2, 0.25) is 0 Å². The van der Waals surface area contributed by atoms with Crippen molar-refractivity contribution in [2.75, 3.05) is 19.7 Å². The van der Waals surface area contributed by atoms with E-state index in [2.05, 4.69) is 24.1 Å². The highest BCUT2D eigenvalue weighted by molar-refractivity contribution is 8.00. The molecule has 3 fully saturated rings. The second-order valence-corrected chi connectivity index (χ2v) is 10.5. The molecule has 0 aromatic carbocycles. The molecule has 3 rings (SSSR count). The minimum atomic E-state index is -0.888. The average Bonchev–Trinajstić information content (AvgIpc) is 3.06. The molecule has 1 saturated carbocycles. The van der Waals surface area contributed by atoms with Crippen LogP contribution < -0.4 is 0 Å². The molecule has 30 heavy (non-hydrogen) atoms. The molecule has 1 aliphatic carbocycles. The molecule has 9 heteroatoms. The number of ether oxygens (including phenoxy) is 1. The normalized spacial score (nSPS) is 38.0. The van der Waals surface area contributed by atoms with Crippen LogP contribution in [-0.2, 0) is 9.53 Å². The molecule has 0 aromatic heterocycles. The first-order valence-electron chi connectivity index (χ1n) is 11.1. The van der Waals surface area contributed by atoms with E-state index in [9.17, 15) is 15.0 Å². The first-order chi connectivity index (χ1) is 14.3. The highest BCUT2D eigenvalue weighted by atomic mass is 32.2. The zero-order valence-corrected chi connectivity index (χ0v) is 20.0. The van der Waals surface area contributed by atoms with Gasteiger partial charge in [0.25, 0.3) is 0 Å². The average molecular weight is 460 g/mol. The van der Waals surface area contributed by atoms with Crippen LogP contribution in [0.25, 0.3) is 0 Å². The van der Waals surface area contributed by atoms with Gasteiger partial charge in [0, 0.05) is 24.4 Å². The minimum Gasteiger partial charge on any atom is -0.464 e. The number of aliphatic hydroxyl groups excluding tert-OH is 2. The minimum absolute atomic E-state index is 0.0711. The summed E-state index contributed by atoms with van der Waals surface area (Å²) < 4.78 is 5.47. The van der Waals surface area contributed by atoms with Gasteiger partial charge in [-0.25, -0.2) is 4.90 Å². The number of thiol groups is 1. The lowest BCUT2D eigenvalue weighted by atomic mass is 9.92. The van der Waals surface area contributed by atoms with Crippen molar-refractivity contribution >= 4 is 30.4 Å². The molecular formula is C21H37N3O4S2. The second kappa shape index (κ2) is 10.4. The molecule has 7 atom stereocenters. The largest absolute Gasteiger partial charge is 0.464 e. The van der Waals surface area contributed by atoms with E-state index < -0.39 is 23.9 Å². The number of hydrogen-bond acceptors (Lipinski definition) is 9. The van der Waals surface area contributed by atoms with Crippen LogP contribution in [0.4, 0.5) is 0 Å². The maximum absolute atomic E-state index is 11.9. The number of rotatable bonds is 7. The van der Waals surface area contributed by atoms with Crippen molar-refractivity contribution in [1.82, 2.24) is 14.7 Å². The summed E-state index contributed by atoms with van der Waals surface area (Å²) >= 11 is 6.46. The number of carbonyl (C=O) groups excluding carboxylic acids is 1. The number of carbonyl (C=O) groups is 1. The predicted molar refractivity (Wildman–Crippen MR) is 123 cm³/mol. The Morgan fingerprint density at radius 3 is 2.60 bits per heavy atom. The molecule has 172 valence electrons. The Morgan fingerprint density at radius 2 is 1.97 bits per heavy atom. The summed E-state index contributed by atoms with van der Waals surface area (Å²) in [6.07, 6.45) is 4.54. The van der Waals surface area contributed by atoms with Gasteiger partial charge in [-0.2, -0.15) is 0 Å². The summed E-state index contributed by atoms with van der Waals surface area (Å²) in [4.78, 5) is 17.9. The molecular weight excluding hydrogens is 422 g/mol. The van der Waals surface area contributed by atoms with Gasteiger partial charge in [0.05, 0.1) is 17.2 Å². The molecule has 2 N–H and O–H groups in total. The van der Waals surface area contributed by atoms with Gasteiger partial charge in [0.2, 0.25) is 0 Å². The Labute approximate surface area is 190 Å². The molecule has 2 saturated heterocycles. The lowest BCUT2D eigenvalue weighted by Crippen LogP contribution is -2.66. The van der Waals surface area contributed by atoms with E-state index in [0.717, 1.165) is 12.8 Å². The van der Waals surface area contributed by atoms with Crippen LogP contribution in [0.1, 0.15) is 46.5 Å². The van der Waals surface area contributed by atoms with Crippen LogP contribution in [0, 0.1) is 11.8 Å². The van der Waals surface area contributed by atoms with E-state index in [1.807, 2.05) is 37.4 Å². The molecule has 0 radical (unpaired) electrons. The number of thioether (sulfide) groups is 1. The monoisotopic (exact) mass is 459 g/mol. The third-order valence-electron chi connectivity index (χ3n) is 6.60. The Bertz CT molecular complexity index is 611. The Morgan fingerprint density at radius 1 is 1.27 bits per heavy atom. The highest BCUT2D eigenvalue weighted by Gasteiger charge is 2.54. The Kier molecular flexibility index (Phi) is 8.42. The molecule has 0 spiro atoms. The number of nitrogens with zero attached hydrogens (tertiary/aromatic N) is 3. The van der Waals surface area contributed by atoms with E-state index in [4.69, 9.17) is 4.74 Å². The van der Waals surface area contributed by atoms with Gasteiger partial charge in [-0.05, 0) is 19.0 Å². The summed E-state index contributed by atoms with van der Waals surface area (Å²) in [5.41, 5.74) is -0.428. The molecule has 2 heterocycles. The fraction of sp³-hybridized carbons (Fsp3) is 0.857. The summed E-state index contributed by atoms with van der Waals surface area (Å²) in [5.74, 6) is -0.753. The van der Waals surface area contributed by atoms with Gasteiger partial charge in [-0.15, -0.1) is 24.4 Å². The number of fused-ring (bicyclic) bond motifs is 1. The molecule has 2 aliphatic heterocycles. The van der Waals surface area contributed by atoms with Crippen LogP contribution in [0.5, 0.6) is 0 Å². The Hall–Kier alpha value is -0.450. The summed E-state index contributed by atoms with van der Waals surface area (Å²) in [6, 6.07) is 0.381. The summed E-state index contributed by atoms with van der Waals surface area (Å²) in [7, 11) is 0. The molecule has 7 nitrogen and oxygen atoms in total. The maximum Gasteiger partial charge on any atom is 0.308 e. The molecule has 7 unspecified atom stereocenters. The predicted octanol–water partition coefficient (Wildman–Crippen LogP) is 2.12. The van der Waals surface area contributed by atoms with Crippen molar-refractivity contribution in [2.24, 2.45) is 11.8 Å². The van der Waals surface area contributed by atoms with Gasteiger partial charge in [-0.3, -0.25) is 9.69 Å². The van der Waals surface area contributed by atoms with Crippen molar-refractivity contribution in [1.29, 1.82) is 0 Å². The zero-order chi connectivity index (χ0) is 22.0. The van der Waals surface area contributed by atoms with E-state index in [1.54, 1.807) is 11.1 Å². The fourth-order valence-electron chi connectivity index (χ4n) is 4.95. The third kappa shape index (κ3) is 4.66. The second-order valence-electron chi connectivity index (χ2n) is 8.69. The van der Waals surface area contributed by atoms with E-state index in [1.165, 1.54) is 12.8 Å². The maximum atomic E-state index is 11.9. The van der Waals surface area contributed by atoms with Crippen LogP contribution in [-0.4, -0.2) is 85.2 Å². The smallest absolute Gasteiger partial charge is 0.308 e. The van der Waals surface area contributed by atoms with E-state index in [-0.39, 0.29) is 17.3 Å². The fourth-order valence-corrected chi connectivity index (χ4v) is 7.50. The SMILES string of the molecule is C=CN1C(O)C(C2SC3CCCCC3N2CCOC(=O)C(C)C)C(O)N(CC)C1S. The van der Waals surface area contributed by atoms with Crippen molar-refractivity contribution < 1.29 is 19.7 Å². The molecule has 0 amide bonds. The lowest BCUT2D eigenvalue weighted by molar-refractivity contribution is -0.198. The number of esters is 1. The molecule has 0 bridgehead atoms. The van der Waals surface area contributed by atoms with Crippen molar-refractivity contribution in [2.45, 2.75) is 81.1 Å². The van der Waals surface area contributed by atoms with Gasteiger partial charge in [0.15, 0.2) is 0 Å². The third-order valence-corrected chi connectivity index (χ3v) is 8.93. The van der Waals surface area contributed by atoms with Crippen LogP contribution >= 0.6 is 24.4 Å². The summed E-state index contributed by atoms with van der Waals surface area (Å²) in [6.45, 7) is 11.0. The molecule has 3 aliphatic rings. The summed E-state index contributed by atoms with van der Waals surface area (Å²) in [5, 5.41) is 22.8. The van der Waals surface area contributed by atoms with Crippen molar-refractivity contribution in [3.8, 4) is 0 Å². The van der Waals surface area contributed by atoms with Gasteiger partial charge in [0.1, 0.15) is 24.6 Å². The first kappa shape index (κ1) is 24.2. The lowest BCUT2D eigenvalue weighted by Gasteiger charge is -2.52. The van der Waals surface area contributed by atoms with E-state index in [0.29, 0.717) is 31.0 Å². The highest BCUT2D eigenvalue weighted by Crippen LogP contribution is 2.48. The van der Waals surface area contributed by atoms with Crippen LogP contribution in [0.15, 0.2) is 12.8 Å². The standard InChI is InChI=1S/C21H37N3O4S2/c1-5-22-17(25)16(18(26)23(6-2)21(22)29)19-24(11-12-28-20(27)13(3)4)14-9-7-8-10-15(14)30-19/h5,13-19,21,25-26,29H,1,6-12H2,2-4H3.